The van der Waals surface area contributed by atoms with E-state index in [9.17, 15) is 0 Å². The van der Waals surface area contributed by atoms with Gasteiger partial charge in [0.25, 0.3) is 0 Å². The van der Waals surface area contributed by atoms with Gasteiger partial charge in [0.2, 0.25) is 0 Å². The maximum atomic E-state index is 5.23. The van der Waals surface area contributed by atoms with Crippen LogP contribution in [0.2, 0.25) is 0 Å². The van der Waals surface area contributed by atoms with Gasteiger partial charge >= 0.3 is 0 Å². The Labute approximate surface area is 139 Å². The van der Waals surface area contributed by atoms with Crippen LogP contribution < -0.4 is 10.1 Å². The third-order valence-corrected chi connectivity index (χ3v) is 5.48. The molecule has 0 spiro atoms. The molecule has 0 radical (unpaired) electrons. The largest absolute Gasteiger partial charge is 0.497 e. The van der Waals surface area contributed by atoms with Crippen LogP contribution in [0.25, 0.3) is 0 Å². The number of thiophene rings is 1. The van der Waals surface area contributed by atoms with Gasteiger partial charge in [-0.25, -0.2) is 0 Å². The Balaban J connectivity index is 2.17. The van der Waals surface area contributed by atoms with Gasteiger partial charge in [-0.05, 0) is 66.0 Å². The van der Waals surface area contributed by atoms with E-state index in [4.69, 9.17) is 4.74 Å². The summed E-state index contributed by atoms with van der Waals surface area (Å²) >= 11 is 5.56. The lowest BCUT2D eigenvalue weighted by Gasteiger charge is -2.18. The molecule has 114 valence electrons. The number of benzene rings is 1. The van der Waals surface area contributed by atoms with E-state index in [0.717, 1.165) is 25.1 Å². The highest BCUT2D eigenvalue weighted by Gasteiger charge is 2.17. The van der Waals surface area contributed by atoms with Crippen LogP contribution in [0.1, 0.15) is 34.7 Å². The topological polar surface area (TPSA) is 21.3 Å². The summed E-state index contributed by atoms with van der Waals surface area (Å²) in [4.78, 5) is 2.73. The van der Waals surface area contributed by atoms with Crippen molar-refractivity contribution >= 4 is 27.3 Å². The molecule has 1 unspecified atom stereocenters. The van der Waals surface area contributed by atoms with Crippen LogP contribution in [0.15, 0.2) is 34.8 Å². The van der Waals surface area contributed by atoms with Crippen molar-refractivity contribution in [2.24, 2.45) is 0 Å². The zero-order chi connectivity index (χ0) is 15.2. The summed E-state index contributed by atoms with van der Waals surface area (Å²) in [7, 11) is 1.70. The lowest BCUT2D eigenvalue weighted by atomic mass is 10.0. The van der Waals surface area contributed by atoms with E-state index < -0.39 is 0 Å². The fourth-order valence-corrected chi connectivity index (χ4v) is 4.32. The monoisotopic (exact) mass is 367 g/mol. The molecule has 1 atom stereocenters. The van der Waals surface area contributed by atoms with Gasteiger partial charge < -0.3 is 10.1 Å². The van der Waals surface area contributed by atoms with Crippen LogP contribution in [0, 0.1) is 6.92 Å². The van der Waals surface area contributed by atoms with Crippen LogP contribution in [-0.4, -0.2) is 13.7 Å². The molecule has 1 heterocycles. The van der Waals surface area contributed by atoms with E-state index >= 15 is 0 Å². The number of aryl methyl sites for hydroxylation is 1. The molecule has 0 bridgehead atoms. The van der Waals surface area contributed by atoms with Crippen LogP contribution in [0.4, 0.5) is 0 Å². The molecular weight excluding hydrogens is 346 g/mol. The van der Waals surface area contributed by atoms with Crippen molar-refractivity contribution in [3.8, 4) is 5.75 Å². The molecule has 2 aromatic rings. The SMILES string of the molecule is CCCNC(Cc1ccc(OC)cc1)c1sc(C)cc1Br. The Kier molecular flexibility index (Phi) is 6.27. The van der Waals surface area contributed by atoms with E-state index in [1.165, 1.54) is 19.8 Å². The number of rotatable bonds is 7. The molecule has 1 aromatic carbocycles. The second kappa shape index (κ2) is 7.97. The molecule has 2 nitrogen and oxygen atoms in total. The lowest BCUT2D eigenvalue weighted by molar-refractivity contribution is 0.414. The van der Waals surface area contributed by atoms with Crippen LogP contribution in [-0.2, 0) is 6.42 Å². The molecular formula is C17H22BrNOS. The molecule has 21 heavy (non-hydrogen) atoms. The van der Waals surface area contributed by atoms with Gasteiger partial charge in [-0.2, -0.15) is 0 Å². The summed E-state index contributed by atoms with van der Waals surface area (Å²) < 4.78 is 6.44. The molecule has 1 N–H and O–H groups in total. The minimum Gasteiger partial charge on any atom is -0.497 e. The van der Waals surface area contributed by atoms with Crippen molar-refractivity contribution in [1.29, 1.82) is 0 Å². The first kappa shape index (κ1) is 16.5. The lowest BCUT2D eigenvalue weighted by Crippen LogP contribution is -2.23. The second-order valence-electron chi connectivity index (χ2n) is 5.13. The number of halogens is 1. The summed E-state index contributed by atoms with van der Waals surface area (Å²) in [5.74, 6) is 0.907. The van der Waals surface area contributed by atoms with Crippen molar-refractivity contribution in [2.45, 2.75) is 32.7 Å². The van der Waals surface area contributed by atoms with Crippen LogP contribution in [0.3, 0.4) is 0 Å². The zero-order valence-electron chi connectivity index (χ0n) is 12.8. The van der Waals surface area contributed by atoms with Crippen molar-refractivity contribution in [3.63, 3.8) is 0 Å². The quantitative estimate of drug-likeness (QED) is 0.733. The fraction of sp³-hybridized carbons (Fsp3) is 0.412. The highest BCUT2D eigenvalue weighted by atomic mass is 79.9. The molecule has 0 aliphatic rings. The van der Waals surface area contributed by atoms with Gasteiger partial charge in [-0.15, -0.1) is 11.3 Å². The summed E-state index contributed by atoms with van der Waals surface area (Å²) in [6.07, 6.45) is 2.13. The van der Waals surface area contributed by atoms with E-state index in [2.05, 4.69) is 53.3 Å². The van der Waals surface area contributed by atoms with Gasteiger partial charge in [-0.3, -0.25) is 0 Å². The first-order chi connectivity index (χ1) is 10.1. The van der Waals surface area contributed by atoms with Gasteiger partial charge in [0.1, 0.15) is 5.75 Å². The molecule has 0 aliphatic heterocycles. The Morgan fingerprint density at radius 1 is 1.29 bits per heavy atom. The number of ether oxygens (including phenoxy) is 1. The zero-order valence-corrected chi connectivity index (χ0v) is 15.2. The fourth-order valence-electron chi connectivity index (χ4n) is 2.31. The maximum absolute atomic E-state index is 5.23. The average Bonchev–Trinajstić information content (AvgIpc) is 2.83. The molecule has 1 aromatic heterocycles. The third-order valence-electron chi connectivity index (χ3n) is 3.39. The first-order valence-corrected chi connectivity index (χ1v) is 8.87. The van der Waals surface area contributed by atoms with Crippen LogP contribution >= 0.6 is 27.3 Å². The minimum atomic E-state index is 0.353. The van der Waals surface area contributed by atoms with Gasteiger partial charge in [0.15, 0.2) is 0 Å². The predicted octanol–water partition coefficient (Wildman–Crippen LogP) is 5.11. The van der Waals surface area contributed by atoms with Crippen LogP contribution in [0.5, 0.6) is 5.75 Å². The summed E-state index contributed by atoms with van der Waals surface area (Å²) in [5, 5.41) is 3.67. The normalized spacial score (nSPS) is 12.4. The molecule has 0 fully saturated rings. The van der Waals surface area contributed by atoms with E-state index in [1.54, 1.807) is 7.11 Å². The molecule has 2 rings (SSSR count). The number of nitrogens with one attached hydrogen (secondary N) is 1. The molecule has 0 aliphatic carbocycles. The number of hydrogen-bond acceptors (Lipinski definition) is 3. The minimum absolute atomic E-state index is 0.353. The Morgan fingerprint density at radius 3 is 2.52 bits per heavy atom. The Morgan fingerprint density at radius 2 is 2.00 bits per heavy atom. The second-order valence-corrected chi connectivity index (χ2v) is 7.27. The Bertz CT molecular complexity index is 565. The third kappa shape index (κ3) is 4.56. The standard InChI is InChI=1S/C17H22BrNOS/c1-4-9-19-16(17-15(18)10-12(2)21-17)11-13-5-7-14(20-3)8-6-13/h5-8,10,16,19H,4,9,11H2,1-3H3. The molecule has 0 saturated heterocycles. The molecule has 0 saturated carbocycles. The summed E-state index contributed by atoms with van der Waals surface area (Å²) in [6.45, 7) is 5.39. The molecule has 0 amide bonds. The Hall–Kier alpha value is -0.840. The van der Waals surface area contributed by atoms with Gasteiger partial charge in [0, 0.05) is 20.3 Å². The average molecular weight is 368 g/mol. The van der Waals surface area contributed by atoms with E-state index in [0.29, 0.717) is 6.04 Å². The van der Waals surface area contributed by atoms with E-state index in [-0.39, 0.29) is 0 Å². The van der Waals surface area contributed by atoms with E-state index in [1.807, 2.05) is 23.5 Å². The van der Waals surface area contributed by atoms with Crippen molar-refractivity contribution < 1.29 is 4.74 Å². The van der Waals surface area contributed by atoms with Gasteiger partial charge in [-0.1, -0.05) is 19.1 Å². The molecule has 4 heteroatoms. The number of hydrogen-bond donors (Lipinski definition) is 1. The highest BCUT2D eigenvalue weighted by molar-refractivity contribution is 9.10. The number of methoxy groups -OCH3 is 1. The predicted molar refractivity (Wildman–Crippen MR) is 94.5 cm³/mol. The van der Waals surface area contributed by atoms with Crippen molar-refractivity contribution in [2.75, 3.05) is 13.7 Å². The van der Waals surface area contributed by atoms with Gasteiger partial charge in [0.05, 0.1) is 7.11 Å². The smallest absolute Gasteiger partial charge is 0.118 e. The van der Waals surface area contributed by atoms with Crippen molar-refractivity contribution in [3.05, 3.63) is 50.1 Å². The first-order valence-electron chi connectivity index (χ1n) is 7.26. The maximum Gasteiger partial charge on any atom is 0.118 e. The van der Waals surface area contributed by atoms with Crippen molar-refractivity contribution in [1.82, 2.24) is 5.32 Å². The summed E-state index contributed by atoms with van der Waals surface area (Å²) in [5.41, 5.74) is 1.32. The highest BCUT2D eigenvalue weighted by Crippen LogP contribution is 2.34. The summed E-state index contributed by atoms with van der Waals surface area (Å²) in [6, 6.07) is 10.9.